The lowest BCUT2D eigenvalue weighted by Crippen LogP contribution is -2.30. The Morgan fingerprint density at radius 2 is 1.36 bits per heavy atom. The van der Waals surface area contributed by atoms with E-state index in [-0.39, 0.29) is 29.2 Å². The minimum atomic E-state index is -4.51. The fraction of sp³-hybridized carbons (Fsp3) is 0.161. The largest absolute Gasteiger partial charge is 0.441 e. The van der Waals surface area contributed by atoms with E-state index in [2.05, 4.69) is 5.32 Å². The summed E-state index contributed by atoms with van der Waals surface area (Å²) in [7, 11) is -3.98. The summed E-state index contributed by atoms with van der Waals surface area (Å²) in [6.07, 6.45) is -5.54. The molecule has 0 aliphatic carbocycles. The molecule has 4 aromatic rings. The van der Waals surface area contributed by atoms with Crippen LogP contribution in [0.15, 0.2) is 108 Å². The van der Waals surface area contributed by atoms with Gasteiger partial charge in [-0.3, -0.25) is 10.1 Å². The Morgan fingerprint density at radius 3 is 1.86 bits per heavy atom. The van der Waals surface area contributed by atoms with Crippen LogP contribution >= 0.6 is 0 Å². The summed E-state index contributed by atoms with van der Waals surface area (Å²) < 4.78 is 71.9. The maximum absolute atomic E-state index is 13.7. The second-order valence-corrected chi connectivity index (χ2v) is 11.4. The van der Waals surface area contributed by atoms with Crippen LogP contribution in [0.1, 0.15) is 32.6 Å². The standard InChI is InChI=1S/C31H27F3N2O5S/c1-22-18-27(42(39,40)36(19-23-8-4-2-5-9-23)20-24-10-6-3-7-11-24)16-17-28(22)29(37)21-41-30(38)35-26-14-12-25(13-15-26)31(32,33)34/h2-18H,19-21H2,1H3,(H,35,38). The van der Waals surface area contributed by atoms with Gasteiger partial charge in [-0.1, -0.05) is 60.7 Å². The van der Waals surface area contributed by atoms with Gasteiger partial charge in [-0.2, -0.15) is 17.5 Å². The highest BCUT2D eigenvalue weighted by atomic mass is 32.2. The number of amides is 1. The smallest absolute Gasteiger partial charge is 0.416 e. The number of anilines is 1. The van der Waals surface area contributed by atoms with Crippen molar-refractivity contribution in [1.29, 1.82) is 0 Å². The first-order valence-electron chi connectivity index (χ1n) is 12.8. The van der Waals surface area contributed by atoms with Crippen LogP contribution in [0.2, 0.25) is 0 Å². The number of ether oxygens (including phenoxy) is 1. The van der Waals surface area contributed by atoms with E-state index >= 15 is 0 Å². The van der Waals surface area contributed by atoms with Crippen LogP contribution in [0.3, 0.4) is 0 Å². The van der Waals surface area contributed by atoms with Gasteiger partial charge in [-0.25, -0.2) is 13.2 Å². The van der Waals surface area contributed by atoms with E-state index in [0.717, 1.165) is 35.4 Å². The minimum Gasteiger partial charge on any atom is -0.441 e. The van der Waals surface area contributed by atoms with Crippen LogP contribution in [0.25, 0.3) is 0 Å². The number of ketones is 1. The van der Waals surface area contributed by atoms with Gasteiger partial charge in [-0.15, -0.1) is 0 Å². The zero-order chi connectivity index (χ0) is 30.3. The molecule has 218 valence electrons. The van der Waals surface area contributed by atoms with E-state index in [1.807, 2.05) is 60.7 Å². The van der Waals surface area contributed by atoms with Crippen molar-refractivity contribution in [2.45, 2.75) is 31.1 Å². The highest BCUT2D eigenvalue weighted by Gasteiger charge is 2.30. The maximum Gasteiger partial charge on any atom is 0.416 e. The molecule has 1 amide bonds. The zero-order valence-corrected chi connectivity index (χ0v) is 23.3. The molecule has 0 saturated heterocycles. The Morgan fingerprint density at radius 1 is 0.810 bits per heavy atom. The third-order valence-electron chi connectivity index (χ3n) is 6.33. The topological polar surface area (TPSA) is 92.8 Å². The fourth-order valence-corrected chi connectivity index (χ4v) is 5.67. The van der Waals surface area contributed by atoms with Crippen molar-refractivity contribution in [3.8, 4) is 0 Å². The van der Waals surface area contributed by atoms with Crippen molar-refractivity contribution in [3.63, 3.8) is 0 Å². The maximum atomic E-state index is 13.7. The number of hydrogen-bond donors (Lipinski definition) is 1. The number of sulfonamides is 1. The Bertz CT molecular complexity index is 1600. The van der Waals surface area contributed by atoms with Gasteiger partial charge in [0.2, 0.25) is 15.8 Å². The summed E-state index contributed by atoms with van der Waals surface area (Å²) in [4.78, 5) is 24.9. The molecule has 0 heterocycles. The molecule has 42 heavy (non-hydrogen) atoms. The van der Waals surface area contributed by atoms with Crippen molar-refractivity contribution in [2.75, 3.05) is 11.9 Å². The van der Waals surface area contributed by atoms with Gasteiger partial charge in [-0.05, 0) is 66.1 Å². The molecule has 4 aromatic carbocycles. The number of alkyl halides is 3. The number of nitrogens with zero attached hydrogens (tertiary/aromatic N) is 1. The first-order valence-corrected chi connectivity index (χ1v) is 14.2. The number of halogens is 3. The number of nitrogens with one attached hydrogen (secondary N) is 1. The van der Waals surface area contributed by atoms with Gasteiger partial charge in [0.1, 0.15) is 0 Å². The van der Waals surface area contributed by atoms with Crippen molar-refractivity contribution < 1.29 is 35.9 Å². The average molecular weight is 597 g/mol. The van der Waals surface area contributed by atoms with E-state index in [1.165, 1.54) is 22.5 Å². The van der Waals surface area contributed by atoms with E-state index in [1.54, 1.807) is 6.92 Å². The molecule has 0 spiro atoms. The number of benzene rings is 4. The molecule has 11 heteroatoms. The van der Waals surface area contributed by atoms with Crippen molar-refractivity contribution in [2.24, 2.45) is 0 Å². The summed E-state index contributed by atoms with van der Waals surface area (Å²) in [5, 5.41) is 2.26. The summed E-state index contributed by atoms with van der Waals surface area (Å²) in [5.74, 6) is -0.579. The molecule has 0 atom stereocenters. The molecule has 1 N–H and O–H groups in total. The quantitative estimate of drug-likeness (QED) is 0.203. The highest BCUT2D eigenvalue weighted by molar-refractivity contribution is 7.89. The van der Waals surface area contributed by atoms with Crippen LogP contribution in [0, 0.1) is 6.92 Å². The van der Waals surface area contributed by atoms with Gasteiger partial charge < -0.3 is 4.74 Å². The SMILES string of the molecule is Cc1cc(S(=O)(=O)N(Cc2ccccc2)Cc2ccccc2)ccc1C(=O)COC(=O)Nc1ccc(C(F)(F)F)cc1. The van der Waals surface area contributed by atoms with Crippen LogP contribution in [-0.2, 0) is 34.0 Å². The molecule has 0 aliphatic heterocycles. The van der Waals surface area contributed by atoms with Crippen LogP contribution < -0.4 is 5.32 Å². The van der Waals surface area contributed by atoms with Crippen LogP contribution in [0.4, 0.5) is 23.7 Å². The Labute approximate surface area is 241 Å². The summed E-state index contributed by atoms with van der Waals surface area (Å²) in [6, 6.07) is 26.2. The molecule has 0 aromatic heterocycles. The predicted octanol–water partition coefficient (Wildman–Crippen LogP) is 6.84. The summed E-state index contributed by atoms with van der Waals surface area (Å²) in [5.41, 5.74) is 1.34. The Hall–Kier alpha value is -4.48. The normalized spacial score (nSPS) is 11.7. The van der Waals surface area contributed by atoms with Gasteiger partial charge in [0.05, 0.1) is 10.5 Å². The monoisotopic (exact) mass is 596 g/mol. The lowest BCUT2D eigenvalue weighted by Gasteiger charge is -2.23. The molecule has 0 radical (unpaired) electrons. The lowest BCUT2D eigenvalue weighted by atomic mass is 10.1. The van der Waals surface area contributed by atoms with Gasteiger partial charge in [0.15, 0.2) is 6.61 Å². The minimum absolute atomic E-state index is 0.00405. The fourth-order valence-electron chi connectivity index (χ4n) is 4.16. The van der Waals surface area contributed by atoms with Crippen LogP contribution in [-0.4, -0.2) is 31.2 Å². The second-order valence-electron chi connectivity index (χ2n) is 9.42. The molecule has 0 unspecified atom stereocenters. The van der Waals surface area contributed by atoms with Gasteiger partial charge >= 0.3 is 12.3 Å². The summed E-state index contributed by atoms with van der Waals surface area (Å²) >= 11 is 0. The molecule has 0 aliphatic rings. The predicted molar refractivity (Wildman–Crippen MR) is 151 cm³/mol. The van der Waals surface area contributed by atoms with E-state index < -0.39 is 40.2 Å². The van der Waals surface area contributed by atoms with E-state index in [0.29, 0.717) is 5.56 Å². The molecule has 0 saturated carbocycles. The summed E-state index contributed by atoms with van der Waals surface area (Å²) in [6.45, 7) is 1.19. The van der Waals surface area contributed by atoms with Crippen molar-refractivity contribution >= 4 is 27.6 Å². The first kappa shape index (κ1) is 30.5. The number of rotatable bonds is 10. The number of aryl methyl sites for hydroxylation is 1. The molecule has 0 fully saturated rings. The first-order chi connectivity index (χ1) is 19.9. The van der Waals surface area contributed by atoms with E-state index in [9.17, 15) is 31.2 Å². The third-order valence-corrected chi connectivity index (χ3v) is 8.12. The molecule has 0 bridgehead atoms. The zero-order valence-electron chi connectivity index (χ0n) is 22.5. The molecular formula is C31H27F3N2O5S. The molecule has 7 nitrogen and oxygen atoms in total. The Kier molecular flexibility index (Phi) is 9.44. The molecular weight excluding hydrogens is 569 g/mol. The number of carbonyl (C=O) groups excluding carboxylic acids is 2. The molecule has 4 rings (SSSR count). The van der Waals surface area contributed by atoms with Crippen LogP contribution in [0.5, 0.6) is 0 Å². The van der Waals surface area contributed by atoms with Gasteiger partial charge in [0.25, 0.3) is 0 Å². The second kappa shape index (κ2) is 13.0. The van der Waals surface area contributed by atoms with E-state index in [4.69, 9.17) is 4.74 Å². The lowest BCUT2D eigenvalue weighted by molar-refractivity contribution is -0.137. The average Bonchev–Trinajstić information content (AvgIpc) is 2.96. The number of Topliss-reactive ketones (excluding diaryl/α,β-unsaturated/α-hetero) is 1. The van der Waals surface area contributed by atoms with Gasteiger partial charge in [0, 0.05) is 24.3 Å². The highest BCUT2D eigenvalue weighted by Crippen LogP contribution is 2.30. The Balaban J connectivity index is 1.45. The van der Waals surface area contributed by atoms with Crippen molar-refractivity contribution in [1.82, 2.24) is 4.31 Å². The van der Waals surface area contributed by atoms with Crippen molar-refractivity contribution in [3.05, 3.63) is 131 Å². The number of carbonyl (C=O) groups is 2. The third kappa shape index (κ3) is 7.83. The number of hydrogen-bond acceptors (Lipinski definition) is 5.